The molecule has 4 nitrogen and oxygen atoms in total. The van der Waals surface area contributed by atoms with Crippen LogP contribution < -0.4 is 14.8 Å². The second-order valence-electron chi connectivity index (χ2n) is 3.46. The van der Waals surface area contributed by atoms with E-state index >= 15 is 0 Å². The maximum atomic E-state index is 12.4. The van der Waals surface area contributed by atoms with Crippen LogP contribution in [0, 0.1) is 0 Å². The predicted octanol–water partition coefficient (Wildman–Crippen LogP) is 1.77. The van der Waals surface area contributed by atoms with Gasteiger partial charge in [-0.15, -0.1) is 0 Å². The number of rotatable bonds is 8. The van der Waals surface area contributed by atoms with E-state index in [0.717, 1.165) is 0 Å². The van der Waals surface area contributed by atoms with Crippen LogP contribution in [0.2, 0.25) is 0 Å². The number of nitrogens with one attached hydrogen (secondary N) is 1. The second-order valence-corrected chi connectivity index (χ2v) is 3.46. The third kappa shape index (κ3) is 4.46. The van der Waals surface area contributed by atoms with Crippen molar-refractivity contribution in [2.24, 2.45) is 0 Å². The van der Waals surface area contributed by atoms with E-state index in [2.05, 4.69) is 10.1 Å². The quantitative estimate of drug-likeness (QED) is 0.700. The fourth-order valence-electron chi connectivity index (χ4n) is 1.49. The summed E-state index contributed by atoms with van der Waals surface area (Å²) in [4.78, 5) is 0. The number of aliphatic hydroxyl groups excluding tert-OH is 1. The van der Waals surface area contributed by atoms with Crippen LogP contribution in [0.25, 0.3) is 0 Å². The zero-order chi connectivity index (χ0) is 13.4. The second kappa shape index (κ2) is 7.84. The normalized spacial score (nSPS) is 10.7. The fourth-order valence-corrected chi connectivity index (χ4v) is 1.49. The molecular weight excluding hydrogens is 244 g/mol. The lowest BCUT2D eigenvalue weighted by atomic mass is 10.2. The van der Waals surface area contributed by atoms with Gasteiger partial charge in [0.1, 0.15) is 0 Å². The summed E-state index contributed by atoms with van der Waals surface area (Å²) in [5.74, 6) is 0.334. The number of benzene rings is 1. The van der Waals surface area contributed by atoms with Crippen molar-refractivity contribution in [3.8, 4) is 11.5 Å². The fraction of sp³-hybridized carbons (Fsp3) is 0.500. The Morgan fingerprint density at radius 3 is 2.78 bits per heavy atom. The van der Waals surface area contributed by atoms with E-state index < -0.39 is 6.61 Å². The Balaban J connectivity index is 2.88. The molecule has 0 spiro atoms. The Bertz CT molecular complexity index is 361. The number of alkyl halides is 2. The maximum absolute atomic E-state index is 12.4. The van der Waals surface area contributed by atoms with Crippen molar-refractivity contribution in [1.82, 2.24) is 5.32 Å². The highest BCUT2D eigenvalue weighted by molar-refractivity contribution is 5.46. The summed E-state index contributed by atoms with van der Waals surface area (Å²) in [6.07, 6.45) is 0. The predicted molar refractivity (Wildman–Crippen MR) is 63.0 cm³/mol. The lowest BCUT2D eigenvalue weighted by Crippen LogP contribution is -2.18. The molecule has 0 aromatic heterocycles. The molecule has 0 unspecified atom stereocenters. The Labute approximate surface area is 105 Å². The first-order valence-electron chi connectivity index (χ1n) is 5.70. The van der Waals surface area contributed by atoms with Crippen LogP contribution in [0.3, 0.4) is 0 Å². The smallest absolute Gasteiger partial charge is 0.387 e. The van der Waals surface area contributed by atoms with Crippen LogP contribution in [0.15, 0.2) is 18.2 Å². The zero-order valence-electron chi connectivity index (χ0n) is 10.2. The summed E-state index contributed by atoms with van der Waals surface area (Å²) in [5, 5.41) is 11.6. The first-order valence-corrected chi connectivity index (χ1v) is 5.70. The largest absolute Gasteiger partial charge is 0.490 e. The van der Waals surface area contributed by atoms with E-state index in [1.807, 2.05) is 0 Å². The Kier molecular flexibility index (Phi) is 6.38. The topological polar surface area (TPSA) is 50.7 Å². The third-order valence-corrected chi connectivity index (χ3v) is 2.17. The van der Waals surface area contributed by atoms with Crippen molar-refractivity contribution in [1.29, 1.82) is 0 Å². The minimum Gasteiger partial charge on any atom is -0.490 e. The van der Waals surface area contributed by atoms with Gasteiger partial charge in [-0.2, -0.15) is 8.78 Å². The molecule has 0 fully saturated rings. The van der Waals surface area contributed by atoms with Gasteiger partial charge in [0.2, 0.25) is 0 Å². The summed E-state index contributed by atoms with van der Waals surface area (Å²) in [7, 11) is 0. The molecular formula is C12H17F2NO3. The molecule has 0 radical (unpaired) electrons. The molecule has 102 valence electrons. The molecule has 0 amide bonds. The molecule has 0 saturated carbocycles. The standard InChI is InChI=1S/C12H17F2NO3/c1-2-17-10-5-3-4-9(8-15-6-7-16)11(10)18-12(13)14/h3-5,12,15-16H,2,6-8H2,1H3. The van der Waals surface area contributed by atoms with Gasteiger partial charge in [-0.1, -0.05) is 12.1 Å². The highest BCUT2D eigenvalue weighted by atomic mass is 19.3. The summed E-state index contributed by atoms with van der Waals surface area (Å²) in [6, 6.07) is 4.96. The molecule has 0 aliphatic carbocycles. The van der Waals surface area contributed by atoms with E-state index in [0.29, 0.717) is 31.0 Å². The molecule has 0 aliphatic rings. The number of hydrogen-bond donors (Lipinski definition) is 2. The highest BCUT2D eigenvalue weighted by Gasteiger charge is 2.15. The molecule has 1 rings (SSSR count). The summed E-state index contributed by atoms with van der Waals surface area (Å²) in [6.45, 7) is -0.0777. The van der Waals surface area contributed by atoms with E-state index in [1.165, 1.54) is 0 Å². The van der Waals surface area contributed by atoms with Gasteiger partial charge >= 0.3 is 6.61 Å². The SMILES string of the molecule is CCOc1cccc(CNCCO)c1OC(F)F. The van der Waals surface area contributed by atoms with Crippen molar-refractivity contribution in [2.75, 3.05) is 19.8 Å². The Hall–Kier alpha value is -1.40. The monoisotopic (exact) mass is 261 g/mol. The number of ether oxygens (including phenoxy) is 2. The third-order valence-electron chi connectivity index (χ3n) is 2.17. The molecule has 0 bridgehead atoms. The summed E-state index contributed by atoms with van der Waals surface area (Å²) < 4.78 is 34.5. The van der Waals surface area contributed by atoms with Gasteiger partial charge in [-0.05, 0) is 13.0 Å². The van der Waals surface area contributed by atoms with Gasteiger partial charge in [0.05, 0.1) is 13.2 Å². The summed E-state index contributed by atoms with van der Waals surface area (Å²) in [5.41, 5.74) is 0.565. The first kappa shape index (κ1) is 14.7. The van der Waals surface area contributed by atoms with E-state index in [-0.39, 0.29) is 12.4 Å². The summed E-state index contributed by atoms with van der Waals surface area (Å²) >= 11 is 0. The average Bonchev–Trinajstić information content (AvgIpc) is 2.33. The molecule has 2 N–H and O–H groups in total. The van der Waals surface area contributed by atoms with Crippen LogP contribution in [-0.2, 0) is 6.54 Å². The van der Waals surface area contributed by atoms with Crippen molar-refractivity contribution in [3.05, 3.63) is 23.8 Å². The van der Waals surface area contributed by atoms with Crippen LogP contribution in [0.4, 0.5) is 8.78 Å². The lowest BCUT2D eigenvalue weighted by molar-refractivity contribution is -0.0521. The molecule has 0 atom stereocenters. The van der Waals surface area contributed by atoms with Crippen molar-refractivity contribution >= 4 is 0 Å². The Morgan fingerprint density at radius 1 is 1.39 bits per heavy atom. The van der Waals surface area contributed by atoms with Crippen LogP contribution in [0.1, 0.15) is 12.5 Å². The van der Waals surface area contributed by atoms with E-state index in [1.54, 1.807) is 25.1 Å². The van der Waals surface area contributed by atoms with E-state index in [9.17, 15) is 8.78 Å². The zero-order valence-corrected chi connectivity index (χ0v) is 10.2. The van der Waals surface area contributed by atoms with Gasteiger partial charge < -0.3 is 19.9 Å². The van der Waals surface area contributed by atoms with Crippen LogP contribution >= 0.6 is 0 Å². The van der Waals surface area contributed by atoms with Gasteiger partial charge in [0.15, 0.2) is 11.5 Å². The van der Waals surface area contributed by atoms with Gasteiger partial charge in [0, 0.05) is 18.7 Å². The molecule has 6 heteroatoms. The number of halogens is 2. The molecule has 0 saturated heterocycles. The minimum absolute atomic E-state index is 0.0177. The molecule has 1 aromatic carbocycles. The first-order chi connectivity index (χ1) is 8.69. The molecule has 0 heterocycles. The van der Waals surface area contributed by atoms with Gasteiger partial charge in [0.25, 0.3) is 0 Å². The minimum atomic E-state index is -2.90. The molecule has 18 heavy (non-hydrogen) atoms. The van der Waals surface area contributed by atoms with Crippen LogP contribution in [-0.4, -0.2) is 31.5 Å². The highest BCUT2D eigenvalue weighted by Crippen LogP contribution is 2.32. The van der Waals surface area contributed by atoms with Gasteiger partial charge in [-0.3, -0.25) is 0 Å². The Morgan fingerprint density at radius 2 is 2.17 bits per heavy atom. The van der Waals surface area contributed by atoms with Gasteiger partial charge in [-0.25, -0.2) is 0 Å². The average molecular weight is 261 g/mol. The number of hydrogen-bond acceptors (Lipinski definition) is 4. The number of para-hydroxylation sites is 1. The molecule has 1 aromatic rings. The van der Waals surface area contributed by atoms with Crippen molar-refractivity contribution < 1.29 is 23.4 Å². The maximum Gasteiger partial charge on any atom is 0.387 e. The van der Waals surface area contributed by atoms with E-state index in [4.69, 9.17) is 9.84 Å². The lowest BCUT2D eigenvalue weighted by Gasteiger charge is -2.15. The van der Waals surface area contributed by atoms with Crippen molar-refractivity contribution in [3.63, 3.8) is 0 Å². The molecule has 0 aliphatic heterocycles. The number of aliphatic hydroxyl groups is 1. The van der Waals surface area contributed by atoms with Crippen molar-refractivity contribution in [2.45, 2.75) is 20.1 Å². The van der Waals surface area contributed by atoms with Crippen LogP contribution in [0.5, 0.6) is 11.5 Å².